The molecule has 0 fully saturated rings. The predicted octanol–water partition coefficient (Wildman–Crippen LogP) is 0.0307. The van der Waals surface area contributed by atoms with E-state index in [4.69, 9.17) is 4.79 Å². The summed E-state index contributed by atoms with van der Waals surface area (Å²) in [5.41, 5.74) is 0. The van der Waals surface area contributed by atoms with Crippen molar-refractivity contribution in [1.29, 1.82) is 0 Å². The first kappa shape index (κ1) is 11.1. The molecule has 0 bridgehead atoms. The van der Waals surface area contributed by atoms with Crippen LogP contribution in [-0.2, 0) is 9.53 Å². The second-order valence-corrected chi connectivity index (χ2v) is 0.660. The second-order valence-electron chi connectivity index (χ2n) is 0.660. The molecule has 0 unspecified atom stereocenters. The van der Waals surface area contributed by atoms with E-state index in [-0.39, 0.29) is 29.6 Å². The first-order chi connectivity index (χ1) is 3.06. The van der Waals surface area contributed by atoms with E-state index in [1.165, 1.54) is 0 Å². The fourth-order valence-corrected chi connectivity index (χ4v) is 0.0546. The topological polar surface area (TPSA) is 26.3 Å². The number of hydrogen-bond acceptors (Lipinski definition) is 2. The predicted molar refractivity (Wildman–Crippen MR) is 20.4 cm³/mol. The third kappa shape index (κ3) is 9.54. The molecular formula is C2H2F3NaO2. The van der Waals surface area contributed by atoms with Gasteiger partial charge in [0.2, 0.25) is 0 Å². The van der Waals surface area contributed by atoms with E-state index in [0.29, 0.717) is 0 Å². The normalized spacial score (nSPS) is 9.38. The van der Waals surface area contributed by atoms with Gasteiger partial charge in [-0.3, -0.25) is 4.79 Å². The molecule has 0 saturated carbocycles. The van der Waals surface area contributed by atoms with Crippen LogP contribution in [0.25, 0.3) is 0 Å². The fraction of sp³-hybridized carbons (Fsp3) is 0.500. The van der Waals surface area contributed by atoms with Crippen LogP contribution in [-0.4, -0.2) is 42.4 Å². The van der Waals surface area contributed by atoms with Crippen molar-refractivity contribution in [3.63, 3.8) is 0 Å². The van der Waals surface area contributed by atoms with Crippen LogP contribution in [0.1, 0.15) is 0 Å². The van der Waals surface area contributed by atoms with Gasteiger partial charge in [-0.1, -0.05) is 0 Å². The molecule has 0 heterocycles. The summed E-state index contributed by atoms with van der Waals surface area (Å²) in [5, 5.41) is 0. The molecular weight excluding hydrogens is 136 g/mol. The van der Waals surface area contributed by atoms with Crippen LogP contribution in [0.3, 0.4) is 0 Å². The Balaban J connectivity index is 0. The quantitative estimate of drug-likeness (QED) is 0.377. The van der Waals surface area contributed by atoms with Gasteiger partial charge in [-0.2, -0.15) is 0 Å². The standard InChI is InChI=1S/C2HF3O2.Na.H/c3-2(4,5)7-1-6;;/h1H;;. The van der Waals surface area contributed by atoms with Gasteiger partial charge in [0.1, 0.15) is 0 Å². The molecule has 0 aromatic heterocycles. The van der Waals surface area contributed by atoms with Gasteiger partial charge < -0.3 is 4.74 Å². The Morgan fingerprint density at radius 1 is 1.38 bits per heavy atom. The Kier molecular flexibility index (Phi) is 5.79. The van der Waals surface area contributed by atoms with Gasteiger partial charge in [0, 0.05) is 0 Å². The Morgan fingerprint density at radius 3 is 1.75 bits per heavy atom. The van der Waals surface area contributed by atoms with Crippen LogP contribution < -0.4 is 0 Å². The van der Waals surface area contributed by atoms with Gasteiger partial charge in [-0.25, -0.2) is 0 Å². The summed E-state index contributed by atoms with van der Waals surface area (Å²) in [5.74, 6) is 0. The van der Waals surface area contributed by atoms with Gasteiger partial charge in [-0.05, 0) is 0 Å². The van der Waals surface area contributed by atoms with Crippen molar-refractivity contribution in [1.82, 2.24) is 0 Å². The molecule has 44 valence electrons. The van der Waals surface area contributed by atoms with Gasteiger partial charge >= 0.3 is 35.9 Å². The third-order valence-corrected chi connectivity index (χ3v) is 0.182. The third-order valence-electron chi connectivity index (χ3n) is 0.182. The molecule has 0 spiro atoms. The Morgan fingerprint density at radius 2 is 1.75 bits per heavy atom. The summed E-state index contributed by atoms with van der Waals surface area (Å²) < 4.78 is 34.4. The van der Waals surface area contributed by atoms with E-state index in [2.05, 4.69) is 4.74 Å². The van der Waals surface area contributed by atoms with Gasteiger partial charge in [0.05, 0.1) is 0 Å². The zero-order valence-electron chi connectivity index (χ0n) is 3.03. The maximum absolute atomic E-state index is 10.6. The number of carbonyl (C=O) groups is 1. The molecule has 8 heavy (non-hydrogen) atoms. The van der Waals surface area contributed by atoms with Crippen LogP contribution in [0, 0.1) is 0 Å². The summed E-state index contributed by atoms with van der Waals surface area (Å²) in [6, 6.07) is 0. The number of halogens is 3. The van der Waals surface area contributed by atoms with Crippen molar-refractivity contribution < 1.29 is 22.7 Å². The number of alkyl halides is 3. The zero-order chi connectivity index (χ0) is 5.91. The molecule has 0 aliphatic carbocycles. The average Bonchev–Trinajstić information content (AvgIpc) is 1.30. The molecule has 0 aromatic rings. The van der Waals surface area contributed by atoms with Crippen LogP contribution in [0.4, 0.5) is 13.2 Å². The van der Waals surface area contributed by atoms with E-state index < -0.39 is 12.8 Å². The molecule has 6 heteroatoms. The molecule has 0 rings (SSSR count). The molecule has 0 amide bonds. The molecule has 2 nitrogen and oxygen atoms in total. The van der Waals surface area contributed by atoms with Crippen molar-refractivity contribution in [2.75, 3.05) is 0 Å². The molecule has 0 aliphatic heterocycles. The van der Waals surface area contributed by atoms with Crippen molar-refractivity contribution in [3.8, 4) is 0 Å². The number of ether oxygens (including phenoxy) is 1. The fourth-order valence-electron chi connectivity index (χ4n) is 0.0546. The van der Waals surface area contributed by atoms with Crippen LogP contribution in [0.2, 0.25) is 0 Å². The Bertz CT molecular complexity index is 70.2. The first-order valence-electron chi connectivity index (χ1n) is 1.24. The number of hydrogen-bond donors (Lipinski definition) is 0. The summed E-state index contributed by atoms with van der Waals surface area (Å²) >= 11 is 0. The van der Waals surface area contributed by atoms with Gasteiger partial charge in [0.25, 0.3) is 6.47 Å². The minimum absolute atomic E-state index is 0. The molecule has 0 aromatic carbocycles. The van der Waals surface area contributed by atoms with Crippen molar-refractivity contribution in [3.05, 3.63) is 0 Å². The Labute approximate surface area is 65.3 Å². The van der Waals surface area contributed by atoms with E-state index in [1.807, 2.05) is 0 Å². The molecule has 0 atom stereocenters. The van der Waals surface area contributed by atoms with E-state index in [9.17, 15) is 13.2 Å². The SMILES string of the molecule is O=COC(F)(F)F.[NaH]. The van der Waals surface area contributed by atoms with E-state index in [1.54, 1.807) is 0 Å². The molecule has 0 N–H and O–H groups in total. The molecule has 0 saturated heterocycles. The summed E-state index contributed by atoms with van der Waals surface area (Å²) in [7, 11) is 0. The average molecular weight is 138 g/mol. The van der Waals surface area contributed by atoms with Crippen molar-refractivity contribution in [2.45, 2.75) is 6.36 Å². The summed E-state index contributed by atoms with van der Waals surface area (Å²) in [6.45, 7) is -0.667. The van der Waals surface area contributed by atoms with Gasteiger partial charge in [0.15, 0.2) is 0 Å². The monoisotopic (exact) mass is 138 g/mol. The number of carbonyl (C=O) groups excluding carboxylic acids is 1. The van der Waals surface area contributed by atoms with Crippen molar-refractivity contribution in [2.24, 2.45) is 0 Å². The van der Waals surface area contributed by atoms with E-state index >= 15 is 0 Å². The number of rotatable bonds is 1. The molecule has 0 radical (unpaired) electrons. The minimum atomic E-state index is -4.82. The van der Waals surface area contributed by atoms with Crippen LogP contribution in [0.5, 0.6) is 0 Å². The first-order valence-corrected chi connectivity index (χ1v) is 1.24. The summed E-state index contributed by atoms with van der Waals surface area (Å²) in [6.07, 6.45) is -4.82. The second kappa shape index (κ2) is 4.17. The molecule has 0 aliphatic rings. The summed E-state index contributed by atoms with van der Waals surface area (Å²) in [4.78, 5) is 8.88. The Hall–Kier alpha value is 0.260. The zero-order valence-corrected chi connectivity index (χ0v) is 3.03. The maximum atomic E-state index is 10.6. The van der Waals surface area contributed by atoms with Crippen molar-refractivity contribution >= 4 is 36.0 Å². The van der Waals surface area contributed by atoms with E-state index in [0.717, 1.165) is 0 Å². The van der Waals surface area contributed by atoms with Gasteiger partial charge in [-0.15, -0.1) is 13.2 Å². The van der Waals surface area contributed by atoms with Crippen LogP contribution >= 0.6 is 0 Å². The van der Waals surface area contributed by atoms with Crippen LogP contribution in [0.15, 0.2) is 0 Å².